The van der Waals surface area contributed by atoms with Gasteiger partial charge in [0.1, 0.15) is 6.61 Å². The van der Waals surface area contributed by atoms with Crippen molar-refractivity contribution in [3.05, 3.63) is 0 Å². The molecule has 5 atom stereocenters. The molecule has 0 aromatic carbocycles. The van der Waals surface area contributed by atoms with E-state index in [0.717, 1.165) is 23.7 Å². The summed E-state index contributed by atoms with van der Waals surface area (Å²) in [5.74, 6) is 4.05. The first kappa shape index (κ1) is 9.02. The summed E-state index contributed by atoms with van der Waals surface area (Å²) in [7, 11) is 0. The van der Waals surface area contributed by atoms with Gasteiger partial charge in [0.05, 0.1) is 6.54 Å². The lowest BCUT2D eigenvalue weighted by Crippen LogP contribution is -2.33. The minimum Gasteiger partial charge on any atom is -0.447 e. The number of ether oxygens (including phenoxy) is 1. The Bertz CT molecular complexity index is 366. The molecular formula is C12H15NO3. The first-order valence-electron chi connectivity index (χ1n) is 6.23. The second kappa shape index (κ2) is 2.79. The standard InChI is InChI=1S/C12H15NO3/c14-10(13-1-2-16-12(13)15)5-7-6-3-8-9(4-6)11(7)8/h6-9,11H,1-5H2/t6?,7-,8-,9+,11?/m0/s1. The molecule has 0 radical (unpaired) electrons. The van der Waals surface area contributed by atoms with Gasteiger partial charge in [-0.05, 0) is 42.4 Å². The molecule has 0 N–H and O–H groups in total. The Morgan fingerprint density at radius 3 is 2.62 bits per heavy atom. The van der Waals surface area contributed by atoms with Crippen molar-refractivity contribution in [3.8, 4) is 0 Å². The van der Waals surface area contributed by atoms with Gasteiger partial charge in [-0.3, -0.25) is 4.79 Å². The molecule has 16 heavy (non-hydrogen) atoms. The lowest BCUT2D eigenvalue weighted by atomic mass is 9.94. The number of amides is 2. The van der Waals surface area contributed by atoms with E-state index in [4.69, 9.17) is 4.74 Å². The Kier molecular flexibility index (Phi) is 1.57. The SMILES string of the molecule is O=C(C[C@H]1C2C[C@@H]3C1[C@@H]3C2)N1CCOC1=O. The first-order chi connectivity index (χ1) is 7.75. The minimum atomic E-state index is -0.442. The van der Waals surface area contributed by atoms with Crippen molar-refractivity contribution in [3.63, 3.8) is 0 Å². The summed E-state index contributed by atoms with van der Waals surface area (Å²) in [6.07, 6.45) is 2.83. The predicted octanol–water partition coefficient (Wildman–Crippen LogP) is 1.26. The van der Waals surface area contributed by atoms with Gasteiger partial charge in [0.2, 0.25) is 5.91 Å². The fourth-order valence-electron chi connectivity index (χ4n) is 4.47. The van der Waals surface area contributed by atoms with Gasteiger partial charge >= 0.3 is 6.09 Å². The summed E-state index contributed by atoms with van der Waals surface area (Å²) in [6, 6.07) is 0. The predicted molar refractivity (Wildman–Crippen MR) is 54.4 cm³/mol. The minimum absolute atomic E-state index is 0.00861. The number of hydrogen-bond donors (Lipinski definition) is 0. The maximum absolute atomic E-state index is 12.0. The summed E-state index contributed by atoms with van der Waals surface area (Å²) >= 11 is 0. The molecule has 4 heteroatoms. The van der Waals surface area contributed by atoms with E-state index in [1.807, 2.05) is 0 Å². The van der Waals surface area contributed by atoms with Gasteiger partial charge in [0.15, 0.2) is 0 Å². The van der Waals surface area contributed by atoms with E-state index in [2.05, 4.69) is 0 Å². The average molecular weight is 221 g/mol. The lowest BCUT2D eigenvalue weighted by Gasteiger charge is -2.17. The van der Waals surface area contributed by atoms with E-state index in [1.165, 1.54) is 17.7 Å². The Morgan fingerprint density at radius 2 is 2.12 bits per heavy atom. The zero-order valence-corrected chi connectivity index (χ0v) is 9.09. The Hall–Kier alpha value is -1.06. The van der Waals surface area contributed by atoms with Crippen LogP contribution in [0.5, 0.6) is 0 Å². The van der Waals surface area contributed by atoms with E-state index in [9.17, 15) is 9.59 Å². The highest BCUT2D eigenvalue weighted by molar-refractivity contribution is 5.93. The summed E-state index contributed by atoms with van der Waals surface area (Å²) in [5, 5.41) is 0. The molecule has 0 aromatic heterocycles. The van der Waals surface area contributed by atoms with E-state index in [0.29, 0.717) is 25.5 Å². The van der Waals surface area contributed by atoms with Crippen LogP contribution in [0.25, 0.3) is 0 Å². The number of hydrogen-bond acceptors (Lipinski definition) is 3. The van der Waals surface area contributed by atoms with Crippen molar-refractivity contribution >= 4 is 12.0 Å². The van der Waals surface area contributed by atoms with Crippen molar-refractivity contribution in [2.24, 2.45) is 29.6 Å². The number of rotatable bonds is 2. The van der Waals surface area contributed by atoms with Crippen LogP contribution in [0.1, 0.15) is 19.3 Å². The molecule has 5 rings (SSSR count). The van der Waals surface area contributed by atoms with Crippen LogP contribution < -0.4 is 0 Å². The van der Waals surface area contributed by atoms with Gasteiger partial charge in [0, 0.05) is 6.42 Å². The second-order valence-electron chi connectivity index (χ2n) is 5.66. The van der Waals surface area contributed by atoms with Crippen molar-refractivity contribution in [2.45, 2.75) is 19.3 Å². The molecule has 1 heterocycles. The molecule has 5 fully saturated rings. The average Bonchev–Trinajstić information content (AvgIpc) is 2.77. The molecule has 4 bridgehead atoms. The van der Waals surface area contributed by atoms with E-state index >= 15 is 0 Å². The summed E-state index contributed by atoms with van der Waals surface area (Å²) in [4.78, 5) is 24.5. The molecule has 2 amide bonds. The second-order valence-corrected chi connectivity index (χ2v) is 5.66. The third-order valence-electron chi connectivity index (χ3n) is 5.12. The van der Waals surface area contributed by atoms with Gasteiger partial charge in [-0.1, -0.05) is 0 Å². The normalized spacial score (nSPS) is 47.4. The summed E-state index contributed by atoms with van der Waals surface area (Å²) in [6.45, 7) is 0.819. The Labute approximate surface area is 93.9 Å². The van der Waals surface area contributed by atoms with Crippen LogP contribution in [0.15, 0.2) is 0 Å². The lowest BCUT2D eigenvalue weighted by molar-refractivity contribution is -0.129. The van der Waals surface area contributed by atoms with Crippen LogP contribution in [0.4, 0.5) is 4.79 Å². The smallest absolute Gasteiger partial charge is 0.416 e. The van der Waals surface area contributed by atoms with Crippen LogP contribution >= 0.6 is 0 Å². The van der Waals surface area contributed by atoms with Gasteiger partial charge < -0.3 is 4.74 Å². The number of nitrogens with zero attached hydrogens (tertiary/aromatic N) is 1. The maximum Gasteiger partial charge on any atom is 0.416 e. The van der Waals surface area contributed by atoms with Gasteiger partial charge in [-0.2, -0.15) is 0 Å². The highest BCUT2D eigenvalue weighted by Gasteiger charge is 2.68. The number of imide groups is 1. The quantitative estimate of drug-likeness (QED) is 0.705. The van der Waals surface area contributed by atoms with Gasteiger partial charge in [-0.15, -0.1) is 0 Å². The molecule has 4 saturated carbocycles. The van der Waals surface area contributed by atoms with Crippen LogP contribution in [-0.4, -0.2) is 30.1 Å². The first-order valence-corrected chi connectivity index (χ1v) is 6.23. The fourth-order valence-corrected chi connectivity index (χ4v) is 4.47. The number of carbonyl (C=O) groups excluding carboxylic acids is 2. The van der Waals surface area contributed by atoms with Gasteiger partial charge in [-0.25, -0.2) is 9.69 Å². The molecule has 0 aromatic rings. The van der Waals surface area contributed by atoms with Crippen molar-refractivity contribution in [1.82, 2.24) is 4.90 Å². The molecule has 5 aliphatic rings. The zero-order chi connectivity index (χ0) is 10.9. The highest BCUT2D eigenvalue weighted by Crippen LogP contribution is 2.73. The fraction of sp³-hybridized carbons (Fsp3) is 0.833. The largest absolute Gasteiger partial charge is 0.447 e. The van der Waals surface area contributed by atoms with Crippen LogP contribution in [0.3, 0.4) is 0 Å². The molecule has 4 aliphatic carbocycles. The van der Waals surface area contributed by atoms with Crippen LogP contribution in [0, 0.1) is 29.6 Å². The molecule has 4 nitrogen and oxygen atoms in total. The van der Waals surface area contributed by atoms with E-state index in [1.54, 1.807) is 0 Å². The maximum atomic E-state index is 12.0. The molecule has 1 saturated heterocycles. The Balaban J connectivity index is 1.44. The molecule has 86 valence electrons. The van der Waals surface area contributed by atoms with Crippen molar-refractivity contribution < 1.29 is 14.3 Å². The summed E-state index contributed by atoms with van der Waals surface area (Å²) < 4.78 is 4.79. The van der Waals surface area contributed by atoms with Gasteiger partial charge in [0.25, 0.3) is 0 Å². The third kappa shape index (κ3) is 1.00. The third-order valence-corrected chi connectivity index (χ3v) is 5.12. The molecule has 1 aliphatic heterocycles. The monoisotopic (exact) mass is 221 g/mol. The zero-order valence-electron chi connectivity index (χ0n) is 9.09. The van der Waals surface area contributed by atoms with Crippen LogP contribution in [-0.2, 0) is 9.53 Å². The molecule has 2 unspecified atom stereocenters. The highest BCUT2D eigenvalue weighted by atomic mass is 16.6. The Morgan fingerprint density at radius 1 is 1.38 bits per heavy atom. The number of cyclic esters (lactones) is 1. The van der Waals surface area contributed by atoms with Crippen LogP contribution in [0.2, 0.25) is 0 Å². The van der Waals surface area contributed by atoms with E-state index < -0.39 is 6.09 Å². The van der Waals surface area contributed by atoms with E-state index in [-0.39, 0.29) is 5.91 Å². The topological polar surface area (TPSA) is 46.6 Å². The molecule has 0 spiro atoms. The number of carbonyl (C=O) groups is 2. The summed E-state index contributed by atoms with van der Waals surface area (Å²) in [5.41, 5.74) is 0. The van der Waals surface area contributed by atoms with Crippen molar-refractivity contribution in [1.29, 1.82) is 0 Å². The van der Waals surface area contributed by atoms with Crippen molar-refractivity contribution in [2.75, 3.05) is 13.2 Å². The molecular weight excluding hydrogens is 206 g/mol.